The molecule has 3 aliphatic heterocycles. The number of anilines is 1. The molecule has 0 saturated carbocycles. The second kappa shape index (κ2) is 8.03. The van der Waals surface area contributed by atoms with Crippen LogP contribution in [0.1, 0.15) is 48.5 Å². The molecule has 5 heterocycles. The topological polar surface area (TPSA) is 97.1 Å². The van der Waals surface area contributed by atoms with E-state index in [1.165, 1.54) is 24.7 Å². The third-order valence-corrected chi connectivity index (χ3v) is 8.65. The van der Waals surface area contributed by atoms with Crippen LogP contribution in [0.3, 0.4) is 0 Å². The van der Waals surface area contributed by atoms with E-state index < -0.39 is 41.7 Å². The van der Waals surface area contributed by atoms with E-state index in [0.717, 1.165) is 20.9 Å². The maximum absolute atomic E-state index is 14.1. The van der Waals surface area contributed by atoms with Crippen molar-refractivity contribution in [2.75, 3.05) is 12.0 Å². The smallest absolute Gasteiger partial charge is 0.341 e. The molecule has 36 heavy (non-hydrogen) atoms. The number of fused-ring (bicyclic) bond motifs is 5. The monoisotopic (exact) mass is 502 g/mol. The lowest BCUT2D eigenvalue weighted by molar-refractivity contribution is -0.123. The van der Waals surface area contributed by atoms with Gasteiger partial charge in [0.15, 0.2) is 5.76 Å². The summed E-state index contributed by atoms with van der Waals surface area (Å²) >= 11 is 1.20. The molecule has 8 nitrogen and oxygen atoms in total. The highest BCUT2D eigenvalue weighted by atomic mass is 32.1. The molecule has 2 aromatic heterocycles. The number of ether oxygens (including phenoxy) is 1. The highest BCUT2D eigenvalue weighted by molar-refractivity contribution is 7.17. The van der Waals surface area contributed by atoms with Gasteiger partial charge in [0, 0.05) is 11.1 Å². The number of thiophene rings is 1. The van der Waals surface area contributed by atoms with Crippen LogP contribution in [0.5, 0.6) is 0 Å². The summed E-state index contributed by atoms with van der Waals surface area (Å²) in [5.74, 6) is -3.52. The van der Waals surface area contributed by atoms with E-state index in [0.29, 0.717) is 5.56 Å². The van der Waals surface area contributed by atoms with Crippen molar-refractivity contribution in [2.24, 2.45) is 11.8 Å². The summed E-state index contributed by atoms with van der Waals surface area (Å²) in [4.78, 5) is 58.2. The van der Waals surface area contributed by atoms with Crippen molar-refractivity contribution in [3.05, 3.63) is 81.8 Å². The number of aryl methyl sites for hydroxylation is 1. The summed E-state index contributed by atoms with van der Waals surface area (Å²) in [6.45, 7) is 3.59. The first-order valence-electron chi connectivity index (χ1n) is 11.5. The van der Waals surface area contributed by atoms with E-state index in [1.807, 2.05) is 42.2 Å². The molecule has 0 radical (unpaired) electrons. The molecule has 2 saturated heterocycles. The number of rotatable bonds is 4. The van der Waals surface area contributed by atoms with Crippen molar-refractivity contribution < 1.29 is 28.3 Å². The van der Waals surface area contributed by atoms with Crippen LogP contribution in [-0.4, -0.2) is 41.6 Å². The van der Waals surface area contributed by atoms with Crippen molar-refractivity contribution >= 4 is 46.0 Å². The van der Waals surface area contributed by atoms with Crippen LogP contribution in [0, 0.1) is 25.7 Å². The fourth-order valence-electron chi connectivity index (χ4n) is 5.73. The van der Waals surface area contributed by atoms with Gasteiger partial charge in [-0.3, -0.25) is 14.4 Å². The largest absolute Gasteiger partial charge is 0.465 e. The molecule has 4 atom stereocenters. The minimum absolute atomic E-state index is 0.128. The Labute approximate surface area is 210 Å². The van der Waals surface area contributed by atoms with Gasteiger partial charge >= 0.3 is 5.97 Å². The van der Waals surface area contributed by atoms with Crippen LogP contribution in [0.15, 0.2) is 53.3 Å². The number of nitrogens with zero attached hydrogens (tertiary/aromatic N) is 2. The Balaban J connectivity index is 1.52. The summed E-state index contributed by atoms with van der Waals surface area (Å²) in [6, 6.07) is 9.40. The Bertz CT molecular complexity index is 1470. The van der Waals surface area contributed by atoms with E-state index in [1.54, 1.807) is 25.3 Å². The van der Waals surface area contributed by atoms with Gasteiger partial charge in [-0.25, -0.2) is 9.69 Å². The van der Waals surface area contributed by atoms with Crippen molar-refractivity contribution in [2.45, 2.75) is 25.9 Å². The van der Waals surface area contributed by atoms with Gasteiger partial charge in [0.05, 0.1) is 36.8 Å². The highest BCUT2D eigenvalue weighted by Crippen LogP contribution is 2.54. The molecule has 2 amide bonds. The van der Waals surface area contributed by atoms with E-state index in [9.17, 15) is 19.2 Å². The van der Waals surface area contributed by atoms with Crippen LogP contribution >= 0.6 is 11.3 Å². The Morgan fingerprint density at radius 3 is 2.50 bits per heavy atom. The normalized spacial score (nSPS) is 24.1. The molecule has 182 valence electrons. The zero-order valence-electron chi connectivity index (χ0n) is 19.8. The molecule has 3 aliphatic rings. The third-order valence-electron chi connectivity index (χ3n) is 7.45. The van der Waals surface area contributed by atoms with Crippen LogP contribution < -0.4 is 4.90 Å². The number of carbonyl (C=O) groups excluding carboxylic acids is 4. The molecule has 0 bridgehead atoms. The number of amides is 2. The highest BCUT2D eigenvalue weighted by Gasteiger charge is 2.65. The van der Waals surface area contributed by atoms with Crippen molar-refractivity contribution in [1.29, 1.82) is 0 Å². The molecule has 1 aromatic carbocycles. The van der Waals surface area contributed by atoms with Gasteiger partial charge in [-0.1, -0.05) is 24.3 Å². The van der Waals surface area contributed by atoms with Crippen molar-refractivity contribution in [1.82, 2.24) is 4.90 Å². The van der Waals surface area contributed by atoms with Crippen LogP contribution in [0.25, 0.3) is 6.08 Å². The fourth-order valence-corrected chi connectivity index (χ4v) is 6.89. The Kier molecular flexibility index (Phi) is 5.01. The Hall–Kier alpha value is -3.98. The maximum Gasteiger partial charge on any atom is 0.341 e. The molecule has 9 heteroatoms. The lowest BCUT2D eigenvalue weighted by Crippen LogP contribution is -2.44. The standard InChI is InChI=1S/C27H22N2O6S/c1-13-14(2)36-26(18(13)27(33)34-3)29-24(31)19-20(25(29)32)22(23(30)17-9-6-12-35-17)28-11-10-15-7-4-5-8-16(15)21(19)28/h4-12,19-22H,1-3H3/t19-,20+,21?,22-/m0/s1. The summed E-state index contributed by atoms with van der Waals surface area (Å²) in [7, 11) is 1.27. The van der Waals surface area contributed by atoms with Gasteiger partial charge in [0.2, 0.25) is 17.6 Å². The SMILES string of the molecule is COC(=O)c1c(N2C(=O)[C@@H]3[C@H](C2=O)C2c4ccccc4C=CN2[C@@H]3C(=O)c2ccco2)sc(C)c1C. The number of ketones is 1. The van der Waals surface area contributed by atoms with Gasteiger partial charge in [-0.2, -0.15) is 0 Å². The number of carbonyl (C=O) groups is 4. The fraction of sp³-hybridized carbons (Fsp3) is 0.259. The number of furan rings is 1. The minimum Gasteiger partial charge on any atom is -0.465 e. The first-order valence-corrected chi connectivity index (χ1v) is 12.3. The quantitative estimate of drug-likeness (QED) is 0.300. The molecule has 0 aliphatic carbocycles. The van der Waals surface area contributed by atoms with Crippen molar-refractivity contribution in [3.8, 4) is 0 Å². The third kappa shape index (κ3) is 2.92. The van der Waals surface area contributed by atoms with Crippen LogP contribution in [-0.2, 0) is 14.3 Å². The molecule has 1 unspecified atom stereocenters. The zero-order valence-corrected chi connectivity index (χ0v) is 20.6. The van der Waals surface area contributed by atoms with E-state index >= 15 is 0 Å². The van der Waals surface area contributed by atoms with Crippen molar-refractivity contribution in [3.63, 3.8) is 0 Å². The molecule has 3 aromatic rings. The number of imide groups is 1. The predicted molar refractivity (Wildman–Crippen MR) is 131 cm³/mol. The summed E-state index contributed by atoms with van der Waals surface area (Å²) in [6.07, 6.45) is 5.09. The van der Waals surface area contributed by atoms with E-state index in [4.69, 9.17) is 9.15 Å². The lowest BCUT2D eigenvalue weighted by atomic mass is 9.84. The summed E-state index contributed by atoms with van der Waals surface area (Å²) in [5.41, 5.74) is 2.67. The van der Waals surface area contributed by atoms with Gasteiger partial charge in [-0.05, 0) is 48.7 Å². The average Bonchev–Trinajstić information content (AvgIpc) is 3.64. The molecule has 0 spiro atoms. The molecular weight excluding hydrogens is 480 g/mol. The van der Waals surface area contributed by atoms with Crippen LogP contribution in [0.4, 0.5) is 5.00 Å². The van der Waals surface area contributed by atoms with Crippen LogP contribution in [0.2, 0.25) is 0 Å². The Morgan fingerprint density at radius 1 is 1.03 bits per heavy atom. The molecule has 0 N–H and O–H groups in total. The Morgan fingerprint density at radius 2 is 1.78 bits per heavy atom. The number of benzene rings is 1. The van der Waals surface area contributed by atoms with Gasteiger partial charge in [0.25, 0.3) is 0 Å². The van der Waals surface area contributed by atoms with E-state index in [2.05, 4.69) is 0 Å². The number of hydrogen-bond acceptors (Lipinski definition) is 8. The summed E-state index contributed by atoms with van der Waals surface area (Å²) in [5, 5.41) is 0.247. The minimum atomic E-state index is -0.941. The molecular formula is C27H22N2O6S. The number of esters is 1. The van der Waals surface area contributed by atoms with Gasteiger partial charge in [0.1, 0.15) is 11.0 Å². The van der Waals surface area contributed by atoms with Gasteiger partial charge < -0.3 is 14.1 Å². The first-order chi connectivity index (χ1) is 17.3. The predicted octanol–water partition coefficient (Wildman–Crippen LogP) is 4.14. The number of Topliss-reactive ketones (excluding diaryl/α,β-unsaturated/α-hetero) is 1. The zero-order chi connectivity index (χ0) is 25.3. The second-order valence-electron chi connectivity index (χ2n) is 9.14. The molecule has 2 fully saturated rings. The van der Waals surface area contributed by atoms with Gasteiger partial charge in [-0.15, -0.1) is 11.3 Å². The number of methoxy groups -OCH3 is 1. The summed E-state index contributed by atoms with van der Waals surface area (Å²) < 4.78 is 10.4. The number of hydrogen-bond donors (Lipinski definition) is 0. The maximum atomic E-state index is 14.1. The second-order valence-corrected chi connectivity index (χ2v) is 10.3. The first kappa shape index (κ1) is 22.5. The molecule has 6 rings (SSSR count). The average molecular weight is 503 g/mol. The van der Waals surface area contributed by atoms with E-state index in [-0.39, 0.29) is 22.1 Å². The lowest BCUT2D eigenvalue weighted by Gasteiger charge is -2.34.